The fourth-order valence-corrected chi connectivity index (χ4v) is 3.42. The highest BCUT2D eigenvalue weighted by Gasteiger charge is 2.25. The molecule has 0 atom stereocenters. The molecule has 0 aliphatic carbocycles. The standard InChI is InChI=1S/C16H19FN4OS/c17-14-3-1-13(2-4-14)11-20-6-8-21(9-7-20)12-15(22)19-16-18-5-10-23-16/h1-5,10H,6-9,11-12H2,(H,18,19,22)/p+2. The number of hydrogen-bond donors (Lipinski definition) is 3. The van der Waals surface area contributed by atoms with Gasteiger partial charge in [-0.3, -0.25) is 10.1 Å². The Morgan fingerprint density at radius 3 is 2.52 bits per heavy atom. The largest absolute Gasteiger partial charge is 0.322 e. The first-order chi connectivity index (χ1) is 11.2. The highest BCUT2D eigenvalue weighted by molar-refractivity contribution is 7.13. The van der Waals surface area contributed by atoms with Gasteiger partial charge < -0.3 is 9.80 Å². The van der Waals surface area contributed by atoms with Gasteiger partial charge in [-0.05, 0) is 12.1 Å². The maximum absolute atomic E-state index is 12.9. The summed E-state index contributed by atoms with van der Waals surface area (Å²) in [5.41, 5.74) is 1.16. The van der Waals surface area contributed by atoms with E-state index in [-0.39, 0.29) is 11.7 Å². The molecule has 0 radical (unpaired) electrons. The molecule has 7 heteroatoms. The van der Waals surface area contributed by atoms with E-state index in [1.54, 1.807) is 6.20 Å². The lowest BCUT2D eigenvalue weighted by Crippen LogP contribution is -3.28. The lowest BCUT2D eigenvalue weighted by Gasteiger charge is -2.29. The van der Waals surface area contributed by atoms with Gasteiger partial charge in [0.2, 0.25) is 0 Å². The van der Waals surface area contributed by atoms with Crippen LogP contribution in [0.2, 0.25) is 0 Å². The first-order valence-electron chi connectivity index (χ1n) is 7.80. The number of rotatable bonds is 5. The number of nitrogens with one attached hydrogen (secondary N) is 3. The third kappa shape index (κ3) is 4.82. The molecular weight excluding hydrogens is 315 g/mol. The van der Waals surface area contributed by atoms with E-state index in [0.29, 0.717) is 11.7 Å². The second-order valence-electron chi connectivity index (χ2n) is 5.87. The molecule has 0 unspecified atom stereocenters. The fourth-order valence-electron chi connectivity index (χ4n) is 2.88. The molecule has 0 spiro atoms. The number of carbonyl (C=O) groups is 1. The van der Waals surface area contributed by atoms with Crippen molar-refractivity contribution in [2.24, 2.45) is 0 Å². The van der Waals surface area contributed by atoms with Crippen LogP contribution in [0.4, 0.5) is 9.52 Å². The molecule has 5 nitrogen and oxygen atoms in total. The number of carbonyl (C=O) groups excluding carboxylic acids is 1. The third-order valence-corrected chi connectivity index (χ3v) is 4.81. The zero-order valence-electron chi connectivity index (χ0n) is 12.8. The molecule has 0 saturated carbocycles. The van der Waals surface area contributed by atoms with E-state index in [1.165, 1.54) is 33.3 Å². The molecule has 2 heterocycles. The Morgan fingerprint density at radius 1 is 1.17 bits per heavy atom. The van der Waals surface area contributed by atoms with Gasteiger partial charge in [0.15, 0.2) is 11.7 Å². The van der Waals surface area contributed by atoms with E-state index < -0.39 is 0 Å². The van der Waals surface area contributed by atoms with Gasteiger partial charge in [0, 0.05) is 17.1 Å². The minimum absolute atomic E-state index is 0.0249. The fraction of sp³-hybridized carbons (Fsp3) is 0.375. The minimum atomic E-state index is -0.191. The van der Waals surface area contributed by atoms with E-state index in [9.17, 15) is 9.18 Å². The van der Waals surface area contributed by atoms with Crippen molar-refractivity contribution in [1.82, 2.24) is 4.98 Å². The van der Waals surface area contributed by atoms with Gasteiger partial charge in [-0.1, -0.05) is 12.1 Å². The Bertz CT molecular complexity index is 624. The molecule has 1 fully saturated rings. The zero-order valence-corrected chi connectivity index (χ0v) is 13.7. The van der Waals surface area contributed by atoms with Crippen molar-refractivity contribution >= 4 is 22.4 Å². The molecule has 1 aromatic heterocycles. The van der Waals surface area contributed by atoms with Crippen LogP contribution in [0, 0.1) is 5.82 Å². The van der Waals surface area contributed by atoms with Gasteiger partial charge in [0.25, 0.3) is 5.91 Å². The molecule has 23 heavy (non-hydrogen) atoms. The van der Waals surface area contributed by atoms with E-state index in [1.807, 2.05) is 17.5 Å². The minimum Gasteiger partial charge on any atom is -0.322 e. The predicted molar refractivity (Wildman–Crippen MR) is 87.1 cm³/mol. The van der Waals surface area contributed by atoms with Gasteiger partial charge in [-0.2, -0.15) is 0 Å². The molecule has 1 aliphatic rings. The SMILES string of the molecule is O=C(C[NH+]1CC[NH+](Cc2ccc(F)cc2)CC1)Nc1nccs1. The average molecular weight is 336 g/mol. The van der Waals surface area contributed by atoms with Crippen molar-refractivity contribution in [3.63, 3.8) is 0 Å². The number of piperazine rings is 1. The molecule has 3 N–H and O–H groups in total. The number of amides is 1. The lowest BCUT2D eigenvalue weighted by molar-refractivity contribution is -1.02. The van der Waals surface area contributed by atoms with E-state index in [4.69, 9.17) is 0 Å². The Labute approximate surface area is 138 Å². The highest BCUT2D eigenvalue weighted by atomic mass is 32.1. The number of quaternary nitrogens is 2. The lowest BCUT2D eigenvalue weighted by atomic mass is 10.2. The summed E-state index contributed by atoms with van der Waals surface area (Å²) in [6, 6.07) is 6.73. The second-order valence-corrected chi connectivity index (χ2v) is 6.76. The predicted octanol–water partition coefficient (Wildman–Crippen LogP) is -0.796. The normalized spacial score (nSPS) is 21.1. The summed E-state index contributed by atoms with van der Waals surface area (Å²) in [6.45, 7) is 5.40. The van der Waals surface area contributed by atoms with Crippen molar-refractivity contribution in [3.05, 3.63) is 47.2 Å². The van der Waals surface area contributed by atoms with Crippen LogP contribution >= 0.6 is 11.3 Å². The topological polar surface area (TPSA) is 50.9 Å². The van der Waals surface area contributed by atoms with E-state index in [0.717, 1.165) is 38.3 Å². The van der Waals surface area contributed by atoms with Crippen molar-refractivity contribution < 1.29 is 19.0 Å². The number of hydrogen-bond acceptors (Lipinski definition) is 3. The van der Waals surface area contributed by atoms with E-state index >= 15 is 0 Å². The van der Waals surface area contributed by atoms with Crippen LogP contribution in [-0.2, 0) is 11.3 Å². The number of anilines is 1. The summed E-state index contributed by atoms with van der Waals surface area (Å²) in [5, 5.41) is 5.34. The highest BCUT2D eigenvalue weighted by Crippen LogP contribution is 2.09. The summed E-state index contributed by atoms with van der Waals surface area (Å²) in [6.07, 6.45) is 1.69. The molecule has 3 rings (SSSR count). The first-order valence-corrected chi connectivity index (χ1v) is 8.68. The van der Waals surface area contributed by atoms with Crippen LogP contribution < -0.4 is 15.1 Å². The number of nitrogens with zero attached hydrogens (tertiary/aromatic N) is 1. The van der Waals surface area contributed by atoms with Crippen molar-refractivity contribution in [3.8, 4) is 0 Å². The summed E-state index contributed by atoms with van der Waals surface area (Å²) >= 11 is 1.43. The summed E-state index contributed by atoms with van der Waals surface area (Å²) in [7, 11) is 0. The van der Waals surface area contributed by atoms with Crippen molar-refractivity contribution in [2.45, 2.75) is 6.54 Å². The molecule has 1 aromatic carbocycles. The van der Waals surface area contributed by atoms with Gasteiger partial charge in [0.05, 0.1) is 0 Å². The summed E-state index contributed by atoms with van der Waals surface area (Å²) in [4.78, 5) is 18.8. The second kappa shape index (κ2) is 7.63. The van der Waals surface area contributed by atoms with Crippen LogP contribution in [0.25, 0.3) is 0 Å². The third-order valence-electron chi connectivity index (χ3n) is 4.12. The first kappa shape index (κ1) is 16.0. The molecule has 0 bridgehead atoms. The summed E-state index contributed by atoms with van der Waals surface area (Å²) in [5.74, 6) is -0.166. The quantitative estimate of drug-likeness (QED) is 0.670. The Hall–Kier alpha value is -1.83. The number of benzene rings is 1. The smallest absolute Gasteiger partial charge is 0.281 e. The van der Waals surface area contributed by atoms with Gasteiger partial charge in [0.1, 0.15) is 38.5 Å². The van der Waals surface area contributed by atoms with Crippen molar-refractivity contribution in [2.75, 3.05) is 38.0 Å². The van der Waals surface area contributed by atoms with Gasteiger partial charge in [-0.25, -0.2) is 9.37 Å². The maximum atomic E-state index is 12.9. The summed E-state index contributed by atoms with van der Waals surface area (Å²) < 4.78 is 12.9. The molecule has 1 aliphatic heterocycles. The number of thiazole rings is 1. The van der Waals surface area contributed by atoms with Gasteiger partial charge >= 0.3 is 0 Å². The molecular formula is C16H21FN4OS+2. The van der Waals surface area contributed by atoms with Crippen LogP contribution in [0.5, 0.6) is 0 Å². The molecule has 122 valence electrons. The van der Waals surface area contributed by atoms with Crippen LogP contribution in [0.1, 0.15) is 5.56 Å². The van der Waals surface area contributed by atoms with E-state index in [2.05, 4.69) is 10.3 Å². The zero-order chi connectivity index (χ0) is 16.1. The van der Waals surface area contributed by atoms with Crippen molar-refractivity contribution in [1.29, 1.82) is 0 Å². The van der Waals surface area contributed by atoms with Crippen LogP contribution in [-0.4, -0.2) is 43.6 Å². The number of aromatic nitrogens is 1. The Balaban J connectivity index is 1.41. The molecule has 1 saturated heterocycles. The number of halogens is 1. The Morgan fingerprint density at radius 2 is 1.87 bits per heavy atom. The molecule has 2 aromatic rings. The van der Waals surface area contributed by atoms with Gasteiger partial charge in [-0.15, -0.1) is 11.3 Å². The molecule has 1 amide bonds. The Kier molecular flexibility index (Phi) is 5.32. The maximum Gasteiger partial charge on any atom is 0.281 e. The monoisotopic (exact) mass is 336 g/mol. The van der Waals surface area contributed by atoms with Crippen LogP contribution in [0.15, 0.2) is 35.8 Å². The van der Waals surface area contributed by atoms with Crippen LogP contribution in [0.3, 0.4) is 0 Å². The average Bonchev–Trinajstić information content (AvgIpc) is 3.04.